The van der Waals surface area contributed by atoms with E-state index in [-0.39, 0.29) is 11.7 Å². The Morgan fingerprint density at radius 2 is 2.25 bits per heavy atom. The van der Waals surface area contributed by atoms with E-state index in [2.05, 4.69) is 40.9 Å². The second-order valence-electron chi connectivity index (χ2n) is 6.24. The van der Waals surface area contributed by atoms with Crippen LogP contribution in [-0.2, 0) is 4.79 Å². The molecule has 3 rings (SSSR count). The molecule has 1 spiro atoms. The van der Waals surface area contributed by atoms with Crippen LogP contribution in [-0.4, -0.2) is 22.4 Å². The van der Waals surface area contributed by atoms with Crippen LogP contribution in [0.2, 0.25) is 0 Å². The zero-order valence-electron chi connectivity index (χ0n) is 12.4. The maximum atomic E-state index is 13.0. The minimum Gasteiger partial charge on any atom is -0.319 e. The number of carbonyl (C=O) groups is 1. The third kappa shape index (κ3) is 2.19. The first kappa shape index (κ1) is 14.1. The highest BCUT2D eigenvalue weighted by atomic mass is 32.1. The number of hydrogen-bond donors (Lipinski definition) is 1. The average Bonchev–Trinajstić information content (AvgIpc) is 3.14. The van der Waals surface area contributed by atoms with E-state index in [1.54, 1.807) is 11.3 Å². The summed E-state index contributed by atoms with van der Waals surface area (Å²) in [5.74, 6) is 0.340. The van der Waals surface area contributed by atoms with Crippen LogP contribution in [0.25, 0.3) is 0 Å². The number of nitrogens with one attached hydrogen (secondary N) is 1. The molecule has 1 amide bonds. The van der Waals surface area contributed by atoms with Gasteiger partial charge in [0, 0.05) is 6.04 Å². The molecular weight excluding hydrogens is 268 g/mol. The summed E-state index contributed by atoms with van der Waals surface area (Å²) in [6.07, 6.45) is 6.62. The molecule has 1 aliphatic carbocycles. The minimum atomic E-state index is -0.269. The molecule has 110 valence electrons. The molecule has 4 heteroatoms. The molecule has 2 aliphatic rings. The summed E-state index contributed by atoms with van der Waals surface area (Å²) < 4.78 is 0. The van der Waals surface area contributed by atoms with Gasteiger partial charge in [-0.05, 0) is 48.6 Å². The molecule has 1 aliphatic heterocycles. The Balaban J connectivity index is 1.92. The molecule has 2 fully saturated rings. The van der Waals surface area contributed by atoms with Crippen molar-refractivity contribution in [2.75, 3.05) is 0 Å². The second-order valence-corrected chi connectivity index (χ2v) is 7.02. The van der Waals surface area contributed by atoms with Crippen molar-refractivity contribution in [2.45, 2.75) is 70.1 Å². The highest BCUT2D eigenvalue weighted by Gasteiger charge is 2.53. The Morgan fingerprint density at radius 3 is 2.85 bits per heavy atom. The van der Waals surface area contributed by atoms with E-state index in [9.17, 15) is 4.79 Å². The van der Waals surface area contributed by atoms with Gasteiger partial charge in [-0.25, -0.2) is 0 Å². The first-order valence-corrected chi connectivity index (χ1v) is 8.75. The van der Waals surface area contributed by atoms with E-state index in [1.165, 1.54) is 18.4 Å². The smallest absolute Gasteiger partial charge is 0.244 e. The third-order valence-corrected chi connectivity index (χ3v) is 5.53. The van der Waals surface area contributed by atoms with Gasteiger partial charge < -0.3 is 4.90 Å². The fourth-order valence-corrected chi connectivity index (χ4v) is 4.46. The molecule has 2 heterocycles. The summed E-state index contributed by atoms with van der Waals surface area (Å²) in [6.45, 7) is 4.38. The van der Waals surface area contributed by atoms with Crippen LogP contribution >= 0.6 is 11.3 Å². The number of hydrogen-bond acceptors (Lipinski definition) is 3. The zero-order chi connectivity index (χ0) is 14.2. The summed E-state index contributed by atoms with van der Waals surface area (Å²) >= 11 is 1.71. The lowest BCUT2D eigenvalue weighted by atomic mass is 9.97. The summed E-state index contributed by atoms with van der Waals surface area (Å²) in [4.78, 5) is 15.1. The largest absolute Gasteiger partial charge is 0.319 e. The van der Waals surface area contributed by atoms with Crippen LogP contribution in [0, 0.1) is 0 Å². The van der Waals surface area contributed by atoms with Gasteiger partial charge in [0.1, 0.15) is 6.17 Å². The fourth-order valence-electron chi connectivity index (χ4n) is 3.78. The van der Waals surface area contributed by atoms with Crippen molar-refractivity contribution in [3.63, 3.8) is 0 Å². The van der Waals surface area contributed by atoms with Gasteiger partial charge >= 0.3 is 0 Å². The lowest BCUT2D eigenvalue weighted by molar-refractivity contribution is -0.135. The second kappa shape index (κ2) is 5.49. The molecular formula is C16H24N2OS. The maximum absolute atomic E-state index is 13.0. The normalized spacial score (nSPS) is 26.6. The summed E-state index contributed by atoms with van der Waals surface area (Å²) in [5, 5.41) is 7.96. The van der Waals surface area contributed by atoms with Gasteiger partial charge in [0.05, 0.1) is 5.54 Å². The van der Waals surface area contributed by atoms with Gasteiger partial charge in [-0.3, -0.25) is 10.1 Å². The predicted octanol–water partition coefficient (Wildman–Crippen LogP) is 3.68. The highest BCUT2D eigenvalue weighted by Crippen LogP contribution is 2.42. The Bertz CT molecular complexity index is 465. The van der Waals surface area contributed by atoms with Crippen molar-refractivity contribution in [3.8, 4) is 0 Å². The van der Waals surface area contributed by atoms with E-state index in [0.717, 1.165) is 25.7 Å². The molecule has 0 aromatic carbocycles. The van der Waals surface area contributed by atoms with Gasteiger partial charge in [0.25, 0.3) is 0 Å². The minimum absolute atomic E-state index is 0.0772. The van der Waals surface area contributed by atoms with Gasteiger partial charge in [0.15, 0.2) is 0 Å². The van der Waals surface area contributed by atoms with Crippen molar-refractivity contribution in [1.29, 1.82) is 0 Å². The van der Waals surface area contributed by atoms with Crippen LogP contribution in [0.3, 0.4) is 0 Å². The number of carbonyl (C=O) groups excluding carboxylic acids is 1. The quantitative estimate of drug-likeness (QED) is 0.918. The highest BCUT2D eigenvalue weighted by molar-refractivity contribution is 7.07. The molecule has 1 saturated carbocycles. The van der Waals surface area contributed by atoms with Crippen LogP contribution < -0.4 is 5.32 Å². The van der Waals surface area contributed by atoms with Gasteiger partial charge in [-0.2, -0.15) is 11.3 Å². The lowest BCUT2D eigenvalue weighted by Gasteiger charge is -2.30. The monoisotopic (exact) mass is 292 g/mol. The fraction of sp³-hybridized carbons (Fsp3) is 0.688. The number of nitrogens with zero attached hydrogens (tertiary/aromatic N) is 1. The number of rotatable bonds is 4. The van der Waals surface area contributed by atoms with Gasteiger partial charge in [-0.1, -0.05) is 26.2 Å². The molecule has 0 radical (unpaired) electrons. The molecule has 2 atom stereocenters. The van der Waals surface area contributed by atoms with Crippen molar-refractivity contribution in [3.05, 3.63) is 22.4 Å². The maximum Gasteiger partial charge on any atom is 0.244 e. The topological polar surface area (TPSA) is 32.3 Å². The molecule has 0 bridgehead atoms. The Morgan fingerprint density at radius 1 is 1.50 bits per heavy atom. The summed E-state index contributed by atoms with van der Waals surface area (Å²) in [5.41, 5.74) is 0.976. The molecule has 2 unspecified atom stereocenters. The molecule has 20 heavy (non-hydrogen) atoms. The van der Waals surface area contributed by atoms with E-state index < -0.39 is 0 Å². The van der Waals surface area contributed by atoms with Crippen LogP contribution in [0.5, 0.6) is 0 Å². The van der Waals surface area contributed by atoms with E-state index in [4.69, 9.17) is 0 Å². The average molecular weight is 292 g/mol. The predicted molar refractivity (Wildman–Crippen MR) is 82.6 cm³/mol. The lowest BCUT2D eigenvalue weighted by Crippen LogP contribution is -2.45. The molecule has 1 N–H and O–H groups in total. The van der Waals surface area contributed by atoms with Crippen molar-refractivity contribution < 1.29 is 4.79 Å². The third-order valence-electron chi connectivity index (χ3n) is 4.83. The van der Waals surface area contributed by atoms with E-state index >= 15 is 0 Å². The van der Waals surface area contributed by atoms with Gasteiger partial charge in [0.2, 0.25) is 5.91 Å². The first-order chi connectivity index (χ1) is 9.68. The zero-order valence-corrected chi connectivity index (χ0v) is 13.2. The van der Waals surface area contributed by atoms with Crippen molar-refractivity contribution >= 4 is 17.2 Å². The Hall–Kier alpha value is -0.870. The Kier molecular flexibility index (Phi) is 3.87. The Labute approximate surface area is 125 Å². The molecule has 3 nitrogen and oxygen atoms in total. The number of thiophene rings is 1. The molecule has 1 saturated heterocycles. The van der Waals surface area contributed by atoms with Crippen molar-refractivity contribution in [2.24, 2.45) is 0 Å². The van der Waals surface area contributed by atoms with Crippen LogP contribution in [0.4, 0.5) is 0 Å². The summed E-state index contributed by atoms with van der Waals surface area (Å²) in [6, 6.07) is 2.46. The van der Waals surface area contributed by atoms with Crippen LogP contribution in [0.15, 0.2) is 16.8 Å². The standard InChI is InChI=1S/C16H24N2OS/c1-3-6-12(2)18-14(13-7-10-20-11-13)17-16(15(18)19)8-4-5-9-16/h7,10-12,14,17H,3-6,8-9H2,1-2H3. The van der Waals surface area contributed by atoms with Gasteiger partial charge in [-0.15, -0.1) is 0 Å². The molecule has 1 aromatic rings. The molecule has 1 aromatic heterocycles. The van der Waals surface area contributed by atoms with E-state index in [1.807, 2.05) is 0 Å². The van der Waals surface area contributed by atoms with Crippen molar-refractivity contribution in [1.82, 2.24) is 10.2 Å². The summed E-state index contributed by atoms with van der Waals surface area (Å²) in [7, 11) is 0. The SMILES string of the molecule is CCCC(C)N1C(=O)C2(CCCC2)NC1c1ccsc1. The number of amides is 1. The first-order valence-electron chi connectivity index (χ1n) is 7.80. The van der Waals surface area contributed by atoms with Crippen LogP contribution in [0.1, 0.15) is 64.1 Å². The van der Waals surface area contributed by atoms with E-state index in [0.29, 0.717) is 11.9 Å².